The summed E-state index contributed by atoms with van der Waals surface area (Å²) < 4.78 is 0. The second-order valence-corrected chi connectivity index (χ2v) is 6.11. The van der Waals surface area contributed by atoms with Crippen molar-refractivity contribution in [3.8, 4) is 0 Å². The molecule has 23 heavy (non-hydrogen) atoms. The summed E-state index contributed by atoms with van der Waals surface area (Å²) in [4.78, 5) is 16.2. The number of nitrogens with one attached hydrogen (secondary N) is 1. The van der Waals surface area contributed by atoms with Gasteiger partial charge in [0.2, 0.25) is 0 Å². The minimum atomic E-state index is -0.219. The molecule has 1 heterocycles. The summed E-state index contributed by atoms with van der Waals surface area (Å²) in [7, 11) is 0. The second-order valence-electron chi connectivity index (χ2n) is 6.11. The molecule has 0 spiro atoms. The van der Waals surface area contributed by atoms with E-state index in [1.807, 2.05) is 18.2 Å². The van der Waals surface area contributed by atoms with Gasteiger partial charge in [0.05, 0.1) is 6.61 Å². The zero-order chi connectivity index (χ0) is 16.7. The summed E-state index contributed by atoms with van der Waals surface area (Å²) in [6.07, 6.45) is 4.07. The van der Waals surface area contributed by atoms with Crippen LogP contribution in [0.1, 0.15) is 19.8 Å². The van der Waals surface area contributed by atoms with Crippen molar-refractivity contribution in [2.24, 2.45) is 5.92 Å². The van der Waals surface area contributed by atoms with Crippen LogP contribution in [-0.2, 0) is 0 Å². The van der Waals surface area contributed by atoms with E-state index >= 15 is 0 Å². The van der Waals surface area contributed by atoms with Gasteiger partial charge in [0, 0.05) is 37.6 Å². The number of anilines is 2. The first-order valence-electron chi connectivity index (χ1n) is 8.26. The van der Waals surface area contributed by atoms with Gasteiger partial charge in [-0.05, 0) is 37.0 Å². The van der Waals surface area contributed by atoms with Gasteiger partial charge in [-0.1, -0.05) is 19.1 Å². The SMILES string of the molecule is C=CCN(CCO)C(=O)Nc1cccc(N2CCC(C)CC2)c1. The van der Waals surface area contributed by atoms with Crippen molar-refractivity contribution >= 4 is 17.4 Å². The highest BCUT2D eigenvalue weighted by Crippen LogP contribution is 2.25. The Morgan fingerprint density at radius 3 is 2.87 bits per heavy atom. The van der Waals surface area contributed by atoms with E-state index in [1.165, 1.54) is 17.7 Å². The van der Waals surface area contributed by atoms with Gasteiger partial charge in [-0.3, -0.25) is 0 Å². The number of amides is 2. The Morgan fingerprint density at radius 2 is 2.22 bits per heavy atom. The van der Waals surface area contributed by atoms with Crippen molar-refractivity contribution in [2.45, 2.75) is 19.8 Å². The molecule has 0 aliphatic carbocycles. The molecular weight excluding hydrogens is 290 g/mol. The van der Waals surface area contributed by atoms with Crippen LogP contribution in [0.2, 0.25) is 0 Å². The maximum absolute atomic E-state index is 12.3. The van der Waals surface area contributed by atoms with E-state index < -0.39 is 0 Å². The topological polar surface area (TPSA) is 55.8 Å². The van der Waals surface area contributed by atoms with Crippen LogP contribution in [0, 0.1) is 5.92 Å². The summed E-state index contributed by atoms with van der Waals surface area (Å²) in [5.74, 6) is 0.792. The first kappa shape index (κ1) is 17.3. The van der Waals surface area contributed by atoms with Gasteiger partial charge in [-0.25, -0.2) is 4.79 Å². The zero-order valence-corrected chi connectivity index (χ0v) is 13.9. The van der Waals surface area contributed by atoms with Gasteiger partial charge in [-0.2, -0.15) is 0 Å². The quantitative estimate of drug-likeness (QED) is 0.793. The second kappa shape index (κ2) is 8.58. The minimum absolute atomic E-state index is 0.0622. The van der Waals surface area contributed by atoms with E-state index in [0.29, 0.717) is 13.1 Å². The highest BCUT2D eigenvalue weighted by Gasteiger charge is 2.17. The maximum Gasteiger partial charge on any atom is 0.322 e. The minimum Gasteiger partial charge on any atom is -0.395 e. The molecule has 0 atom stereocenters. The molecule has 0 radical (unpaired) electrons. The van der Waals surface area contributed by atoms with E-state index in [2.05, 4.69) is 29.8 Å². The Kier molecular flexibility index (Phi) is 6.47. The molecule has 0 unspecified atom stereocenters. The lowest BCUT2D eigenvalue weighted by molar-refractivity contribution is 0.195. The van der Waals surface area contributed by atoms with Gasteiger partial charge in [0.1, 0.15) is 0 Å². The lowest BCUT2D eigenvalue weighted by atomic mass is 9.99. The highest BCUT2D eigenvalue weighted by molar-refractivity contribution is 5.90. The van der Waals surface area contributed by atoms with E-state index in [0.717, 1.165) is 30.4 Å². The Morgan fingerprint density at radius 1 is 1.48 bits per heavy atom. The number of hydrogen-bond donors (Lipinski definition) is 2. The molecule has 0 aromatic heterocycles. The van der Waals surface area contributed by atoms with Gasteiger partial charge < -0.3 is 20.2 Å². The van der Waals surface area contributed by atoms with Crippen molar-refractivity contribution in [1.82, 2.24) is 4.90 Å². The Balaban J connectivity index is 2.01. The third-order valence-electron chi connectivity index (χ3n) is 4.25. The number of carbonyl (C=O) groups is 1. The summed E-state index contributed by atoms with van der Waals surface area (Å²) in [6, 6.07) is 7.73. The van der Waals surface area contributed by atoms with Crippen LogP contribution >= 0.6 is 0 Å². The van der Waals surface area contributed by atoms with Crippen molar-refractivity contribution < 1.29 is 9.90 Å². The first-order valence-corrected chi connectivity index (χ1v) is 8.26. The molecule has 1 aromatic carbocycles. The maximum atomic E-state index is 12.3. The molecule has 1 aromatic rings. The van der Waals surface area contributed by atoms with Crippen LogP contribution in [0.25, 0.3) is 0 Å². The standard InChI is InChI=1S/C18H27N3O2/c1-3-9-21(12-13-22)18(23)19-16-5-4-6-17(14-16)20-10-7-15(2)8-11-20/h3-6,14-15,22H,1,7-13H2,2H3,(H,19,23). The molecular formula is C18H27N3O2. The molecule has 1 fully saturated rings. The van der Waals surface area contributed by atoms with E-state index in [4.69, 9.17) is 5.11 Å². The molecule has 2 N–H and O–H groups in total. The van der Waals surface area contributed by atoms with Gasteiger partial charge in [-0.15, -0.1) is 6.58 Å². The van der Waals surface area contributed by atoms with Crippen LogP contribution < -0.4 is 10.2 Å². The Hall–Kier alpha value is -2.01. The summed E-state index contributed by atoms with van der Waals surface area (Å²) >= 11 is 0. The largest absolute Gasteiger partial charge is 0.395 e. The zero-order valence-electron chi connectivity index (χ0n) is 13.9. The predicted molar refractivity (Wildman–Crippen MR) is 94.9 cm³/mol. The van der Waals surface area contributed by atoms with Crippen molar-refractivity contribution in [3.63, 3.8) is 0 Å². The summed E-state index contributed by atoms with van der Waals surface area (Å²) in [5.41, 5.74) is 1.92. The fraction of sp³-hybridized carbons (Fsp3) is 0.500. The molecule has 126 valence electrons. The van der Waals surface area contributed by atoms with Crippen molar-refractivity contribution in [2.75, 3.05) is 43.0 Å². The number of urea groups is 1. The van der Waals surface area contributed by atoms with E-state index in [1.54, 1.807) is 6.08 Å². The third-order valence-corrected chi connectivity index (χ3v) is 4.25. The number of carbonyl (C=O) groups excluding carboxylic acids is 1. The van der Waals surface area contributed by atoms with Gasteiger partial charge in [0.15, 0.2) is 0 Å². The molecule has 0 saturated carbocycles. The van der Waals surface area contributed by atoms with E-state index in [-0.39, 0.29) is 12.6 Å². The monoisotopic (exact) mass is 317 g/mol. The molecule has 5 heteroatoms. The average Bonchev–Trinajstić information content (AvgIpc) is 2.55. The predicted octanol–water partition coefficient (Wildman–Crippen LogP) is 2.94. The van der Waals surface area contributed by atoms with Crippen LogP contribution in [0.15, 0.2) is 36.9 Å². The molecule has 2 rings (SSSR count). The number of aliphatic hydroxyl groups excluding tert-OH is 1. The molecule has 0 bridgehead atoms. The third kappa shape index (κ3) is 4.99. The number of nitrogens with zero attached hydrogens (tertiary/aromatic N) is 2. The van der Waals surface area contributed by atoms with Crippen molar-refractivity contribution in [3.05, 3.63) is 36.9 Å². The summed E-state index contributed by atoms with van der Waals surface area (Å²) in [6.45, 7) is 8.70. The summed E-state index contributed by atoms with van der Waals surface area (Å²) in [5, 5.41) is 12.0. The van der Waals surface area contributed by atoms with Gasteiger partial charge in [0.25, 0.3) is 0 Å². The van der Waals surface area contributed by atoms with Crippen LogP contribution in [0.3, 0.4) is 0 Å². The van der Waals surface area contributed by atoms with E-state index in [9.17, 15) is 4.79 Å². The highest BCUT2D eigenvalue weighted by atomic mass is 16.3. The Labute approximate surface area is 138 Å². The number of rotatable bonds is 6. The van der Waals surface area contributed by atoms with Crippen LogP contribution in [0.5, 0.6) is 0 Å². The molecule has 1 aliphatic rings. The van der Waals surface area contributed by atoms with Gasteiger partial charge >= 0.3 is 6.03 Å². The molecule has 5 nitrogen and oxygen atoms in total. The lowest BCUT2D eigenvalue weighted by Gasteiger charge is -2.32. The molecule has 2 amide bonds. The molecule has 1 saturated heterocycles. The molecule has 1 aliphatic heterocycles. The Bertz CT molecular complexity index is 525. The average molecular weight is 317 g/mol. The fourth-order valence-electron chi connectivity index (χ4n) is 2.80. The number of benzene rings is 1. The number of piperidine rings is 1. The normalized spacial score (nSPS) is 15.3. The van der Waals surface area contributed by atoms with Crippen LogP contribution in [-0.4, -0.2) is 48.8 Å². The first-order chi connectivity index (χ1) is 11.1. The number of aliphatic hydroxyl groups is 1. The lowest BCUT2D eigenvalue weighted by Crippen LogP contribution is -2.37. The fourth-order valence-corrected chi connectivity index (χ4v) is 2.80. The number of hydrogen-bond acceptors (Lipinski definition) is 3. The van der Waals surface area contributed by atoms with Crippen molar-refractivity contribution in [1.29, 1.82) is 0 Å². The van der Waals surface area contributed by atoms with Crippen LogP contribution in [0.4, 0.5) is 16.2 Å². The smallest absolute Gasteiger partial charge is 0.322 e.